The van der Waals surface area contributed by atoms with Crippen molar-refractivity contribution < 1.29 is 5.11 Å². The Bertz CT molecular complexity index is 201. The van der Waals surface area contributed by atoms with E-state index in [0.29, 0.717) is 5.41 Å². The molecule has 0 heterocycles. The molecule has 0 bridgehead atoms. The summed E-state index contributed by atoms with van der Waals surface area (Å²) in [4.78, 5) is 0. The van der Waals surface area contributed by atoms with Crippen LogP contribution < -0.4 is 0 Å². The third-order valence-electron chi connectivity index (χ3n) is 3.60. The van der Waals surface area contributed by atoms with Gasteiger partial charge in [-0.2, -0.15) is 0 Å². The minimum atomic E-state index is -0.106. The van der Waals surface area contributed by atoms with E-state index >= 15 is 0 Å². The first-order valence-electron chi connectivity index (χ1n) is 5.15. The maximum Gasteiger partial charge on any atom is 0.0806 e. The molecule has 12 heavy (non-hydrogen) atoms. The maximum absolute atomic E-state index is 10.1. The van der Waals surface area contributed by atoms with Crippen LogP contribution >= 0.6 is 0 Å². The van der Waals surface area contributed by atoms with Gasteiger partial charge in [-0.15, -0.1) is 0 Å². The van der Waals surface area contributed by atoms with Gasteiger partial charge < -0.3 is 5.11 Å². The number of rotatable bonds is 3. The zero-order valence-electron chi connectivity index (χ0n) is 7.84. The lowest BCUT2D eigenvalue weighted by atomic mass is 9.90. The van der Waals surface area contributed by atoms with E-state index in [1.54, 1.807) is 0 Å². The standard InChI is InChI=1S/C11H18O/c1-2-11(7-8-11)10(12)9-5-3-4-6-9/h5,10,12H,2-4,6-8H2,1H3. The van der Waals surface area contributed by atoms with E-state index in [2.05, 4.69) is 13.0 Å². The average molecular weight is 166 g/mol. The molecule has 1 nitrogen and oxygen atoms in total. The molecule has 0 aromatic carbocycles. The monoisotopic (exact) mass is 166 g/mol. The van der Waals surface area contributed by atoms with Crippen molar-refractivity contribution in [1.29, 1.82) is 0 Å². The molecule has 1 N–H and O–H groups in total. The predicted molar refractivity (Wildman–Crippen MR) is 49.9 cm³/mol. The van der Waals surface area contributed by atoms with Gasteiger partial charge in [0.2, 0.25) is 0 Å². The third kappa shape index (κ3) is 1.20. The lowest BCUT2D eigenvalue weighted by molar-refractivity contribution is 0.121. The van der Waals surface area contributed by atoms with Crippen molar-refractivity contribution in [2.75, 3.05) is 0 Å². The molecule has 68 valence electrons. The van der Waals surface area contributed by atoms with Crippen molar-refractivity contribution in [3.63, 3.8) is 0 Å². The van der Waals surface area contributed by atoms with Gasteiger partial charge in [-0.1, -0.05) is 13.0 Å². The van der Waals surface area contributed by atoms with Gasteiger partial charge in [-0.05, 0) is 49.5 Å². The maximum atomic E-state index is 10.1. The minimum absolute atomic E-state index is 0.106. The highest BCUT2D eigenvalue weighted by atomic mass is 16.3. The zero-order valence-corrected chi connectivity index (χ0v) is 7.84. The molecular weight excluding hydrogens is 148 g/mol. The molecule has 0 radical (unpaired) electrons. The van der Waals surface area contributed by atoms with Crippen molar-refractivity contribution in [3.8, 4) is 0 Å². The Morgan fingerprint density at radius 2 is 2.33 bits per heavy atom. The lowest BCUT2D eigenvalue weighted by Crippen LogP contribution is -2.22. The van der Waals surface area contributed by atoms with Gasteiger partial charge >= 0.3 is 0 Å². The molecule has 0 aromatic heterocycles. The molecule has 1 heteroatoms. The Morgan fingerprint density at radius 3 is 2.75 bits per heavy atom. The summed E-state index contributed by atoms with van der Waals surface area (Å²) in [5.74, 6) is 0. The Balaban J connectivity index is 2.03. The van der Waals surface area contributed by atoms with E-state index in [1.807, 2.05) is 0 Å². The third-order valence-corrected chi connectivity index (χ3v) is 3.60. The molecule has 1 unspecified atom stereocenters. The average Bonchev–Trinajstić information content (AvgIpc) is 2.71. The minimum Gasteiger partial charge on any atom is -0.388 e. The van der Waals surface area contributed by atoms with Crippen LogP contribution in [0.25, 0.3) is 0 Å². The second-order valence-electron chi connectivity index (χ2n) is 4.29. The summed E-state index contributed by atoms with van der Waals surface area (Å²) in [6.45, 7) is 2.20. The fraction of sp³-hybridized carbons (Fsp3) is 0.818. The van der Waals surface area contributed by atoms with E-state index in [0.717, 1.165) is 12.8 Å². The number of hydrogen-bond donors (Lipinski definition) is 1. The number of hydrogen-bond acceptors (Lipinski definition) is 1. The second kappa shape index (κ2) is 2.88. The summed E-state index contributed by atoms with van der Waals surface area (Å²) in [5, 5.41) is 10.1. The molecular formula is C11H18O. The van der Waals surface area contributed by atoms with Gasteiger partial charge in [0.25, 0.3) is 0 Å². The van der Waals surface area contributed by atoms with Crippen molar-refractivity contribution in [3.05, 3.63) is 11.6 Å². The van der Waals surface area contributed by atoms with Crippen LogP contribution in [0.15, 0.2) is 11.6 Å². The highest BCUT2D eigenvalue weighted by molar-refractivity contribution is 5.20. The van der Waals surface area contributed by atoms with E-state index in [9.17, 15) is 5.11 Å². The molecule has 0 saturated heterocycles. The van der Waals surface area contributed by atoms with Gasteiger partial charge in [0.05, 0.1) is 6.10 Å². The SMILES string of the molecule is CCC1(C(O)C2=CCCC2)CC1. The van der Waals surface area contributed by atoms with Gasteiger partial charge in [-0.25, -0.2) is 0 Å². The smallest absolute Gasteiger partial charge is 0.0806 e. The fourth-order valence-corrected chi connectivity index (χ4v) is 2.32. The summed E-state index contributed by atoms with van der Waals surface area (Å²) >= 11 is 0. The zero-order chi connectivity index (χ0) is 8.60. The topological polar surface area (TPSA) is 20.2 Å². The van der Waals surface area contributed by atoms with Crippen LogP contribution in [0.1, 0.15) is 45.4 Å². The molecule has 2 aliphatic carbocycles. The number of aliphatic hydroxyl groups is 1. The highest BCUT2D eigenvalue weighted by Gasteiger charge is 2.48. The van der Waals surface area contributed by atoms with Crippen LogP contribution in [0.5, 0.6) is 0 Å². The fourth-order valence-electron chi connectivity index (χ4n) is 2.32. The first kappa shape index (κ1) is 8.31. The van der Waals surface area contributed by atoms with E-state index in [-0.39, 0.29) is 6.10 Å². The molecule has 1 fully saturated rings. The Morgan fingerprint density at radius 1 is 1.58 bits per heavy atom. The Labute approximate surface area is 74.5 Å². The highest BCUT2D eigenvalue weighted by Crippen LogP contribution is 2.54. The van der Waals surface area contributed by atoms with E-state index in [1.165, 1.54) is 31.3 Å². The van der Waals surface area contributed by atoms with Gasteiger partial charge in [0.1, 0.15) is 0 Å². The largest absolute Gasteiger partial charge is 0.388 e. The van der Waals surface area contributed by atoms with Crippen molar-refractivity contribution in [2.45, 2.75) is 51.6 Å². The summed E-state index contributed by atoms with van der Waals surface area (Å²) in [6.07, 6.45) is 9.35. The molecule has 1 saturated carbocycles. The Kier molecular flexibility index (Phi) is 1.99. The molecule has 0 amide bonds. The van der Waals surface area contributed by atoms with Crippen molar-refractivity contribution in [1.82, 2.24) is 0 Å². The van der Waals surface area contributed by atoms with E-state index in [4.69, 9.17) is 0 Å². The van der Waals surface area contributed by atoms with Gasteiger partial charge in [-0.3, -0.25) is 0 Å². The van der Waals surface area contributed by atoms with Crippen LogP contribution in [-0.2, 0) is 0 Å². The summed E-state index contributed by atoms with van der Waals surface area (Å²) in [5.41, 5.74) is 1.63. The van der Waals surface area contributed by atoms with Gasteiger partial charge in [0, 0.05) is 0 Å². The van der Waals surface area contributed by atoms with E-state index < -0.39 is 0 Å². The summed E-state index contributed by atoms with van der Waals surface area (Å²) < 4.78 is 0. The second-order valence-corrected chi connectivity index (χ2v) is 4.29. The molecule has 0 aliphatic heterocycles. The van der Waals surface area contributed by atoms with Crippen LogP contribution in [-0.4, -0.2) is 11.2 Å². The van der Waals surface area contributed by atoms with Crippen LogP contribution in [0.2, 0.25) is 0 Å². The predicted octanol–water partition coefficient (Wildman–Crippen LogP) is 2.65. The number of allylic oxidation sites excluding steroid dienone is 1. The molecule has 2 rings (SSSR count). The summed E-state index contributed by atoms with van der Waals surface area (Å²) in [6, 6.07) is 0. The van der Waals surface area contributed by atoms with Crippen LogP contribution in [0.3, 0.4) is 0 Å². The van der Waals surface area contributed by atoms with Crippen molar-refractivity contribution >= 4 is 0 Å². The number of aliphatic hydroxyl groups excluding tert-OH is 1. The first-order chi connectivity index (χ1) is 5.78. The van der Waals surface area contributed by atoms with Crippen LogP contribution in [0, 0.1) is 5.41 Å². The Hall–Kier alpha value is -0.300. The molecule has 0 spiro atoms. The van der Waals surface area contributed by atoms with Gasteiger partial charge in [0.15, 0.2) is 0 Å². The van der Waals surface area contributed by atoms with Crippen LogP contribution in [0.4, 0.5) is 0 Å². The molecule has 2 aliphatic rings. The lowest BCUT2D eigenvalue weighted by Gasteiger charge is -2.21. The summed E-state index contributed by atoms with van der Waals surface area (Å²) in [7, 11) is 0. The van der Waals surface area contributed by atoms with Crippen molar-refractivity contribution in [2.24, 2.45) is 5.41 Å². The molecule has 0 aromatic rings. The first-order valence-corrected chi connectivity index (χ1v) is 5.15. The molecule has 1 atom stereocenters. The normalized spacial score (nSPS) is 28.3. The quantitative estimate of drug-likeness (QED) is 0.639.